The number of aromatic nitrogens is 1. The van der Waals surface area contributed by atoms with Crippen molar-refractivity contribution in [2.24, 2.45) is 0 Å². The van der Waals surface area contributed by atoms with Crippen LogP contribution in [0, 0.1) is 0 Å². The number of fused-ring (bicyclic) bond motifs is 1. The summed E-state index contributed by atoms with van der Waals surface area (Å²) in [5.74, 6) is 0.00893. The number of halogens is 3. The Labute approximate surface area is 133 Å². The van der Waals surface area contributed by atoms with E-state index in [1.807, 2.05) is 4.98 Å². The Kier molecular flexibility index (Phi) is 3.92. The number of carbonyl (C=O) groups excluding carboxylic acids is 1. The summed E-state index contributed by atoms with van der Waals surface area (Å²) in [5.41, 5.74) is -2.45. The molecule has 1 aliphatic heterocycles. The van der Waals surface area contributed by atoms with Gasteiger partial charge in [-0.2, -0.15) is 13.2 Å². The van der Waals surface area contributed by atoms with Crippen LogP contribution in [-0.4, -0.2) is 23.6 Å². The van der Waals surface area contributed by atoms with Crippen LogP contribution in [0.2, 0.25) is 0 Å². The first-order valence-corrected chi connectivity index (χ1v) is 6.84. The number of hydrogen-bond donors (Lipinski definition) is 2. The zero-order chi connectivity index (χ0) is 17.3. The second-order valence-corrected chi connectivity index (χ2v) is 4.98. The molecule has 2 aromatic rings. The van der Waals surface area contributed by atoms with E-state index in [0.29, 0.717) is 23.8 Å². The first kappa shape index (κ1) is 15.9. The minimum atomic E-state index is -4.65. The number of amides is 1. The van der Waals surface area contributed by atoms with E-state index >= 15 is 0 Å². The van der Waals surface area contributed by atoms with Crippen molar-refractivity contribution in [1.82, 2.24) is 4.98 Å². The summed E-state index contributed by atoms with van der Waals surface area (Å²) in [6, 6.07) is 7.21. The number of benzene rings is 1. The number of alkyl halides is 3. The van der Waals surface area contributed by atoms with E-state index in [2.05, 4.69) is 5.32 Å². The number of H-pyrrole nitrogens is 1. The number of para-hydroxylation sites is 2. The highest BCUT2D eigenvalue weighted by molar-refractivity contribution is 5.94. The molecule has 1 aromatic heterocycles. The predicted molar refractivity (Wildman–Crippen MR) is 77.0 cm³/mol. The average Bonchev–Trinajstić information content (AvgIpc) is 2.55. The summed E-state index contributed by atoms with van der Waals surface area (Å²) in [6.45, 7) is -0.125. The van der Waals surface area contributed by atoms with Gasteiger partial charge in [0.05, 0.1) is 5.56 Å². The van der Waals surface area contributed by atoms with Crippen LogP contribution in [0.1, 0.15) is 5.56 Å². The first-order chi connectivity index (χ1) is 11.3. The SMILES string of the molecule is O=C(Nc1cc(C(F)(F)F)c[nH]c1=O)[C@H]1COc2ccccc2O1. The van der Waals surface area contributed by atoms with Crippen molar-refractivity contribution in [3.05, 3.63) is 52.4 Å². The molecule has 0 saturated carbocycles. The van der Waals surface area contributed by atoms with E-state index < -0.39 is 35.0 Å². The fourth-order valence-corrected chi connectivity index (χ4v) is 2.10. The largest absolute Gasteiger partial charge is 0.485 e. The van der Waals surface area contributed by atoms with Crippen molar-refractivity contribution in [2.45, 2.75) is 12.3 Å². The number of aromatic amines is 1. The van der Waals surface area contributed by atoms with Gasteiger partial charge in [0.15, 0.2) is 11.5 Å². The molecule has 0 aliphatic carbocycles. The fraction of sp³-hybridized carbons (Fsp3) is 0.200. The van der Waals surface area contributed by atoms with Crippen LogP contribution in [-0.2, 0) is 11.0 Å². The normalized spacial score (nSPS) is 16.5. The van der Waals surface area contributed by atoms with Crippen LogP contribution in [0.5, 0.6) is 11.5 Å². The van der Waals surface area contributed by atoms with Crippen molar-refractivity contribution in [2.75, 3.05) is 11.9 Å². The topological polar surface area (TPSA) is 80.4 Å². The zero-order valence-electron chi connectivity index (χ0n) is 12.0. The molecule has 0 fully saturated rings. The Morgan fingerprint density at radius 1 is 1.25 bits per heavy atom. The van der Waals surface area contributed by atoms with Crippen LogP contribution in [0.15, 0.2) is 41.3 Å². The molecule has 126 valence electrons. The smallest absolute Gasteiger partial charge is 0.417 e. The summed E-state index contributed by atoms with van der Waals surface area (Å²) < 4.78 is 48.8. The van der Waals surface area contributed by atoms with Gasteiger partial charge in [-0.25, -0.2) is 0 Å². The van der Waals surface area contributed by atoms with Gasteiger partial charge in [0, 0.05) is 6.20 Å². The van der Waals surface area contributed by atoms with E-state index in [-0.39, 0.29) is 6.61 Å². The molecular formula is C15H11F3N2O4. The van der Waals surface area contributed by atoms with Gasteiger partial charge >= 0.3 is 6.18 Å². The third kappa shape index (κ3) is 3.19. The lowest BCUT2D eigenvalue weighted by molar-refractivity contribution is -0.137. The molecule has 1 atom stereocenters. The van der Waals surface area contributed by atoms with E-state index in [9.17, 15) is 22.8 Å². The van der Waals surface area contributed by atoms with E-state index in [1.165, 1.54) is 0 Å². The van der Waals surface area contributed by atoms with Crippen LogP contribution >= 0.6 is 0 Å². The third-order valence-corrected chi connectivity index (χ3v) is 3.29. The maximum Gasteiger partial charge on any atom is 0.417 e. The van der Waals surface area contributed by atoms with Gasteiger partial charge in [-0.1, -0.05) is 12.1 Å². The molecule has 0 spiro atoms. The number of rotatable bonds is 2. The van der Waals surface area contributed by atoms with Crippen molar-refractivity contribution in [3.63, 3.8) is 0 Å². The molecule has 0 saturated heterocycles. The van der Waals surface area contributed by atoms with Gasteiger partial charge in [-0.3, -0.25) is 9.59 Å². The van der Waals surface area contributed by atoms with Gasteiger partial charge in [-0.05, 0) is 18.2 Å². The van der Waals surface area contributed by atoms with Gasteiger partial charge in [0.25, 0.3) is 11.5 Å². The number of nitrogens with one attached hydrogen (secondary N) is 2. The first-order valence-electron chi connectivity index (χ1n) is 6.84. The number of hydrogen-bond acceptors (Lipinski definition) is 4. The number of pyridine rings is 1. The zero-order valence-corrected chi connectivity index (χ0v) is 12.0. The van der Waals surface area contributed by atoms with Crippen molar-refractivity contribution in [3.8, 4) is 11.5 Å². The minimum Gasteiger partial charge on any atom is -0.485 e. The van der Waals surface area contributed by atoms with Crippen LogP contribution in [0.3, 0.4) is 0 Å². The minimum absolute atomic E-state index is 0.125. The summed E-state index contributed by atoms with van der Waals surface area (Å²) in [4.78, 5) is 25.7. The van der Waals surface area contributed by atoms with Crippen molar-refractivity contribution >= 4 is 11.6 Å². The molecule has 24 heavy (non-hydrogen) atoms. The number of ether oxygens (including phenoxy) is 2. The van der Waals surface area contributed by atoms with E-state index in [0.717, 1.165) is 0 Å². The van der Waals surface area contributed by atoms with Crippen LogP contribution in [0.25, 0.3) is 0 Å². The standard InChI is InChI=1S/C15H11F3N2O4/c16-15(17,18)8-5-9(13(21)19-6-8)20-14(22)12-7-23-10-3-1-2-4-11(10)24-12/h1-6,12H,7H2,(H,19,21)(H,20,22)/t12-/m1/s1. The molecular weight excluding hydrogens is 329 g/mol. The maximum atomic E-state index is 12.7. The highest BCUT2D eigenvalue weighted by Crippen LogP contribution is 2.31. The van der Waals surface area contributed by atoms with Gasteiger partial charge in [0.2, 0.25) is 6.10 Å². The van der Waals surface area contributed by atoms with Crippen molar-refractivity contribution < 1.29 is 27.4 Å². The quantitative estimate of drug-likeness (QED) is 0.878. The average molecular weight is 340 g/mol. The maximum absolute atomic E-state index is 12.7. The molecule has 6 nitrogen and oxygen atoms in total. The molecule has 1 aliphatic rings. The Morgan fingerprint density at radius 3 is 2.67 bits per heavy atom. The fourth-order valence-electron chi connectivity index (χ4n) is 2.10. The summed E-state index contributed by atoms with van der Waals surface area (Å²) >= 11 is 0. The summed E-state index contributed by atoms with van der Waals surface area (Å²) in [5, 5.41) is 2.14. The molecule has 1 aromatic carbocycles. The molecule has 3 rings (SSSR count). The Hall–Kier alpha value is -2.97. The Bertz CT molecular complexity index is 832. The van der Waals surface area contributed by atoms with Gasteiger partial charge < -0.3 is 19.8 Å². The number of carbonyl (C=O) groups is 1. The van der Waals surface area contributed by atoms with Crippen LogP contribution < -0.4 is 20.3 Å². The molecule has 9 heteroatoms. The summed E-state index contributed by atoms with van der Waals surface area (Å²) in [7, 11) is 0. The molecule has 0 radical (unpaired) electrons. The Balaban J connectivity index is 1.77. The predicted octanol–water partition coefficient (Wildman–Crippen LogP) is 2.17. The van der Waals surface area contributed by atoms with E-state index in [4.69, 9.17) is 9.47 Å². The molecule has 1 amide bonds. The molecule has 2 N–H and O–H groups in total. The lowest BCUT2D eigenvalue weighted by Gasteiger charge is -2.25. The lowest BCUT2D eigenvalue weighted by atomic mass is 10.2. The monoisotopic (exact) mass is 340 g/mol. The van der Waals surface area contributed by atoms with E-state index in [1.54, 1.807) is 24.3 Å². The second-order valence-electron chi connectivity index (χ2n) is 4.98. The Morgan fingerprint density at radius 2 is 1.96 bits per heavy atom. The van der Waals surface area contributed by atoms with Gasteiger partial charge in [0.1, 0.15) is 12.3 Å². The molecule has 0 bridgehead atoms. The number of anilines is 1. The highest BCUT2D eigenvalue weighted by atomic mass is 19.4. The third-order valence-electron chi connectivity index (χ3n) is 3.29. The van der Waals surface area contributed by atoms with Crippen LogP contribution in [0.4, 0.5) is 18.9 Å². The second kappa shape index (κ2) is 5.91. The lowest BCUT2D eigenvalue weighted by Crippen LogP contribution is -2.41. The molecule has 2 heterocycles. The highest BCUT2D eigenvalue weighted by Gasteiger charge is 2.32. The molecule has 0 unspecified atom stereocenters. The summed E-state index contributed by atoms with van der Waals surface area (Å²) in [6.07, 6.45) is -5.20. The van der Waals surface area contributed by atoms with Crippen molar-refractivity contribution in [1.29, 1.82) is 0 Å². The van der Waals surface area contributed by atoms with Gasteiger partial charge in [-0.15, -0.1) is 0 Å².